The van der Waals surface area contributed by atoms with E-state index >= 15 is 0 Å². The van der Waals surface area contributed by atoms with Crippen LogP contribution in [0, 0.1) is 22.0 Å². The number of ether oxygens (including phenoxy) is 1. The molecule has 0 aliphatic carbocycles. The third kappa shape index (κ3) is 5.57. The minimum atomic E-state index is -1.17. The van der Waals surface area contributed by atoms with Crippen LogP contribution in [0.3, 0.4) is 0 Å². The average molecular weight is 473 g/mol. The number of esters is 1. The molecule has 0 aromatic heterocycles. The van der Waals surface area contributed by atoms with Gasteiger partial charge in [0.25, 0.3) is 5.69 Å². The van der Waals surface area contributed by atoms with E-state index in [1.165, 1.54) is 12.1 Å². The molecule has 4 rings (SSSR count). The predicted octanol–water partition coefficient (Wildman–Crippen LogP) is 5.86. The van der Waals surface area contributed by atoms with Gasteiger partial charge in [0.15, 0.2) is 6.10 Å². The summed E-state index contributed by atoms with van der Waals surface area (Å²) < 4.78 is 5.67. The van der Waals surface area contributed by atoms with Crippen molar-refractivity contribution >= 4 is 23.1 Å². The summed E-state index contributed by atoms with van der Waals surface area (Å²) in [5.41, 5.74) is 1.30. The number of piperidine rings is 1. The summed E-state index contributed by atoms with van der Waals surface area (Å²) in [6.07, 6.45) is -0.0981. The standard InChI is InChI=1S/C28H28N2O5/c1-19-15-20(2)18-29(17-19)24-14-13-23(16-25(24)30(33)34)28(32)35-27(22-11-7-4-8-12-22)26(31)21-9-5-3-6-10-21/h3-14,16,19-20,27H,15,17-18H2,1-2H3. The fraction of sp³-hybridized carbons (Fsp3) is 0.286. The van der Waals surface area contributed by atoms with Gasteiger partial charge in [-0.05, 0) is 30.4 Å². The number of hydrogen-bond acceptors (Lipinski definition) is 6. The molecule has 1 aliphatic rings. The molecule has 0 saturated carbocycles. The summed E-state index contributed by atoms with van der Waals surface area (Å²) in [5.74, 6) is -0.331. The van der Waals surface area contributed by atoms with Crippen LogP contribution in [0.5, 0.6) is 0 Å². The van der Waals surface area contributed by atoms with Crippen LogP contribution in [-0.4, -0.2) is 29.8 Å². The predicted molar refractivity (Wildman–Crippen MR) is 134 cm³/mol. The fourth-order valence-corrected chi connectivity index (χ4v) is 4.75. The average Bonchev–Trinajstić information content (AvgIpc) is 2.86. The molecule has 0 spiro atoms. The molecule has 3 atom stereocenters. The number of nitro groups is 1. The van der Waals surface area contributed by atoms with Crippen LogP contribution in [0.4, 0.5) is 11.4 Å². The Bertz CT molecular complexity index is 1200. The van der Waals surface area contributed by atoms with Crippen molar-refractivity contribution in [2.24, 2.45) is 11.8 Å². The first-order chi connectivity index (χ1) is 16.8. The van der Waals surface area contributed by atoms with E-state index in [2.05, 4.69) is 13.8 Å². The van der Waals surface area contributed by atoms with Crippen LogP contribution in [-0.2, 0) is 4.74 Å². The monoisotopic (exact) mass is 472 g/mol. The van der Waals surface area contributed by atoms with Crippen LogP contribution in [0.15, 0.2) is 78.9 Å². The molecule has 0 radical (unpaired) electrons. The number of carbonyl (C=O) groups excluding carboxylic acids is 2. The van der Waals surface area contributed by atoms with E-state index in [-0.39, 0.29) is 17.0 Å². The number of hydrogen-bond donors (Lipinski definition) is 0. The van der Waals surface area contributed by atoms with E-state index < -0.39 is 17.0 Å². The van der Waals surface area contributed by atoms with Gasteiger partial charge in [0.05, 0.1) is 10.5 Å². The van der Waals surface area contributed by atoms with Gasteiger partial charge in [0.2, 0.25) is 5.78 Å². The van der Waals surface area contributed by atoms with Crippen molar-refractivity contribution in [3.05, 3.63) is 106 Å². The van der Waals surface area contributed by atoms with Crippen molar-refractivity contribution in [2.45, 2.75) is 26.4 Å². The Labute approximate surface area is 204 Å². The van der Waals surface area contributed by atoms with Gasteiger partial charge < -0.3 is 9.64 Å². The summed E-state index contributed by atoms with van der Waals surface area (Å²) in [7, 11) is 0. The van der Waals surface area contributed by atoms with E-state index in [0.29, 0.717) is 28.7 Å². The van der Waals surface area contributed by atoms with E-state index in [0.717, 1.165) is 19.5 Å². The molecule has 180 valence electrons. The molecule has 3 aromatic carbocycles. The van der Waals surface area contributed by atoms with E-state index in [1.807, 2.05) is 4.90 Å². The van der Waals surface area contributed by atoms with Crippen molar-refractivity contribution in [1.29, 1.82) is 0 Å². The molecular weight excluding hydrogens is 444 g/mol. The Balaban J connectivity index is 1.63. The maximum absolute atomic E-state index is 13.2. The minimum absolute atomic E-state index is 0.0281. The molecule has 3 aromatic rings. The molecule has 3 unspecified atom stereocenters. The van der Waals surface area contributed by atoms with Crippen LogP contribution < -0.4 is 4.90 Å². The Hall–Kier alpha value is -4.00. The molecule has 1 heterocycles. The number of Topliss-reactive ketones (excluding diaryl/α,β-unsaturated/α-hetero) is 1. The highest BCUT2D eigenvalue weighted by molar-refractivity contribution is 6.02. The second-order valence-corrected chi connectivity index (χ2v) is 9.24. The van der Waals surface area contributed by atoms with Crippen molar-refractivity contribution < 1.29 is 19.2 Å². The van der Waals surface area contributed by atoms with Gasteiger partial charge in [-0.3, -0.25) is 14.9 Å². The zero-order valence-corrected chi connectivity index (χ0v) is 19.8. The zero-order chi connectivity index (χ0) is 24.9. The van der Waals surface area contributed by atoms with E-state index in [4.69, 9.17) is 4.74 Å². The Morgan fingerprint density at radius 1 is 0.914 bits per heavy atom. The van der Waals surface area contributed by atoms with Crippen LogP contribution in [0.2, 0.25) is 0 Å². The normalized spacial score (nSPS) is 18.5. The number of rotatable bonds is 7. The Kier molecular flexibility index (Phi) is 7.25. The molecule has 1 aliphatic heterocycles. The second-order valence-electron chi connectivity index (χ2n) is 9.24. The molecule has 1 saturated heterocycles. The minimum Gasteiger partial charge on any atom is -0.445 e. The molecule has 0 bridgehead atoms. The molecule has 35 heavy (non-hydrogen) atoms. The number of benzene rings is 3. The maximum atomic E-state index is 13.2. The third-order valence-corrected chi connectivity index (χ3v) is 6.24. The zero-order valence-electron chi connectivity index (χ0n) is 19.8. The highest BCUT2D eigenvalue weighted by Gasteiger charge is 2.30. The largest absolute Gasteiger partial charge is 0.445 e. The molecule has 7 nitrogen and oxygen atoms in total. The lowest BCUT2D eigenvalue weighted by Crippen LogP contribution is -2.39. The Morgan fingerprint density at radius 2 is 1.51 bits per heavy atom. The summed E-state index contributed by atoms with van der Waals surface area (Å²) in [4.78, 5) is 39.8. The number of ketones is 1. The van der Waals surface area contributed by atoms with Crippen molar-refractivity contribution in [1.82, 2.24) is 0 Å². The molecule has 7 heteroatoms. The second kappa shape index (κ2) is 10.5. The first-order valence-electron chi connectivity index (χ1n) is 11.7. The van der Waals surface area contributed by atoms with Gasteiger partial charge in [-0.15, -0.1) is 0 Å². The number of anilines is 1. The lowest BCUT2D eigenvalue weighted by Gasteiger charge is -2.36. The fourth-order valence-electron chi connectivity index (χ4n) is 4.75. The van der Waals surface area contributed by atoms with Gasteiger partial charge >= 0.3 is 5.97 Å². The molecule has 0 amide bonds. The van der Waals surface area contributed by atoms with Gasteiger partial charge in [0, 0.05) is 30.3 Å². The number of carbonyl (C=O) groups is 2. The Morgan fingerprint density at radius 3 is 2.11 bits per heavy atom. The quantitative estimate of drug-likeness (QED) is 0.185. The van der Waals surface area contributed by atoms with Crippen LogP contribution in [0.25, 0.3) is 0 Å². The lowest BCUT2D eigenvalue weighted by atomic mass is 9.91. The first kappa shape index (κ1) is 24.1. The SMILES string of the molecule is CC1CC(C)CN(c2ccc(C(=O)OC(C(=O)c3ccccc3)c3ccccc3)cc2[N+](=O)[O-])C1. The number of nitrogens with zero attached hydrogens (tertiary/aromatic N) is 2. The van der Waals surface area contributed by atoms with Crippen LogP contribution >= 0.6 is 0 Å². The topological polar surface area (TPSA) is 89.8 Å². The molecule has 0 N–H and O–H groups in total. The summed E-state index contributed by atoms with van der Waals surface area (Å²) in [5, 5.41) is 11.9. The highest BCUT2D eigenvalue weighted by Crippen LogP contribution is 2.34. The van der Waals surface area contributed by atoms with E-state index in [1.54, 1.807) is 66.7 Å². The van der Waals surface area contributed by atoms with Crippen LogP contribution in [0.1, 0.15) is 52.7 Å². The maximum Gasteiger partial charge on any atom is 0.339 e. The molecule has 1 fully saturated rings. The molecular formula is C28H28N2O5. The smallest absolute Gasteiger partial charge is 0.339 e. The first-order valence-corrected chi connectivity index (χ1v) is 11.7. The van der Waals surface area contributed by atoms with Crippen molar-refractivity contribution in [2.75, 3.05) is 18.0 Å². The van der Waals surface area contributed by atoms with Gasteiger partial charge in [-0.1, -0.05) is 74.5 Å². The highest BCUT2D eigenvalue weighted by atomic mass is 16.6. The summed E-state index contributed by atoms with van der Waals surface area (Å²) in [6, 6.07) is 21.7. The van der Waals surface area contributed by atoms with Crippen molar-refractivity contribution in [3.63, 3.8) is 0 Å². The third-order valence-electron chi connectivity index (χ3n) is 6.24. The van der Waals surface area contributed by atoms with E-state index in [9.17, 15) is 19.7 Å². The summed E-state index contributed by atoms with van der Waals surface area (Å²) >= 11 is 0. The summed E-state index contributed by atoms with van der Waals surface area (Å²) in [6.45, 7) is 5.70. The van der Waals surface area contributed by atoms with Gasteiger partial charge in [0.1, 0.15) is 5.69 Å². The van der Waals surface area contributed by atoms with Gasteiger partial charge in [-0.2, -0.15) is 0 Å². The van der Waals surface area contributed by atoms with Gasteiger partial charge in [-0.25, -0.2) is 4.79 Å². The van der Waals surface area contributed by atoms with Crippen molar-refractivity contribution in [3.8, 4) is 0 Å². The number of nitro benzene ring substituents is 1. The lowest BCUT2D eigenvalue weighted by molar-refractivity contribution is -0.384.